The van der Waals surface area contributed by atoms with E-state index in [2.05, 4.69) is 35.8 Å². The fraction of sp³-hybridized carbons (Fsp3) is 0.125. The van der Waals surface area contributed by atoms with Gasteiger partial charge in [0.05, 0.1) is 13.7 Å². The predicted octanol–water partition coefficient (Wildman–Crippen LogP) is 3.39. The minimum Gasteiger partial charge on any atom is -0.496 e. The van der Waals surface area contributed by atoms with E-state index >= 15 is 0 Å². The molecule has 2 aromatic carbocycles. The van der Waals surface area contributed by atoms with Crippen LogP contribution in [-0.4, -0.2) is 11.8 Å². The van der Waals surface area contributed by atoms with Crippen molar-refractivity contribution in [1.29, 1.82) is 0 Å². The molecule has 19 heavy (non-hydrogen) atoms. The van der Waals surface area contributed by atoms with E-state index in [0.29, 0.717) is 0 Å². The Labute approximate surface area is 112 Å². The quantitative estimate of drug-likeness (QED) is 0.770. The fourth-order valence-corrected chi connectivity index (χ4v) is 2.30. The summed E-state index contributed by atoms with van der Waals surface area (Å²) in [5, 5.41) is 2.45. The Kier molecular flexibility index (Phi) is 3.11. The molecule has 3 heteroatoms. The standard InChI is InChI=1S/C16H16N2O/c1-19-16-9-8-13-6-2-3-7-14(13)15(16)12-17-18-10-4-5-11-18/h2-11,17H,12H2,1H3. The van der Waals surface area contributed by atoms with E-state index in [9.17, 15) is 0 Å². The highest BCUT2D eigenvalue weighted by Gasteiger charge is 2.07. The molecule has 1 N–H and O–H groups in total. The number of benzene rings is 2. The minimum absolute atomic E-state index is 0.721. The number of nitrogens with one attached hydrogen (secondary N) is 1. The number of hydrogen-bond donors (Lipinski definition) is 1. The van der Waals surface area contributed by atoms with Crippen LogP contribution in [0.1, 0.15) is 5.56 Å². The lowest BCUT2D eigenvalue weighted by molar-refractivity contribution is 0.410. The molecule has 3 rings (SSSR count). The molecule has 3 nitrogen and oxygen atoms in total. The van der Waals surface area contributed by atoms with Crippen molar-refractivity contribution >= 4 is 10.8 Å². The smallest absolute Gasteiger partial charge is 0.124 e. The van der Waals surface area contributed by atoms with Gasteiger partial charge in [-0.25, -0.2) is 0 Å². The number of aromatic nitrogens is 1. The van der Waals surface area contributed by atoms with Crippen molar-refractivity contribution in [2.75, 3.05) is 12.5 Å². The van der Waals surface area contributed by atoms with Crippen LogP contribution in [0.4, 0.5) is 0 Å². The van der Waals surface area contributed by atoms with Gasteiger partial charge in [0.15, 0.2) is 0 Å². The van der Waals surface area contributed by atoms with Gasteiger partial charge in [0, 0.05) is 18.0 Å². The van der Waals surface area contributed by atoms with Crippen molar-refractivity contribution in [2.45, 2.75) is 6.54 Å². The number of fused-ring (bicyclic) bond motifs is 1. The molecule has 0 amide bonds. The molecule has 3 aromatic rings. The summed E-state index contributed by atoms with van der Waals surface area (Å²) in [6.07, 6.45) is 3.97. The highest BCUT2D eigenvalue weighted by Crippen LogP contribution is 2.27. The van der Waals surface area contributed by atoms with Gasteiger partial charge in [-0.2, -0.15) is 0 Å². The molecule has 96 valence electrons. The second kappa shape index (κ2) is 5.06. The molecular formula is C16H16N2O. The summed E-state index contributed by atoms with van der Waals surface area (Å²) in [7, 11) is 1.71. The third kappa shape index (κ3) is 2.27. The monoisotopic (exact) mass is 252 g/mol. The molecule has 0 radical (unpaired) electrons. The Hall–Kier alpha value is -2.42. The van der Waals surface area contributed by atoms with Gasteiger partial charge < -0.3 is 10.2 Å². The predicted molar refractivity (Wildman–Crippen MR) is 78.0 cm³/mol. The second-order valence-corrected chi connectivity index (χ2v) is 4.39. The van der Waals surface area contributed by atoms with Gasteiger partial charge in [0.2, 0.25) is 0 Å². The highest BCUT2D eigenvalue weighted by atomic mass is 16.5. The van der Waals surface area contributed by atoms with E-state index in [0.717, 1.165) is 12.3 Å². The maximum Gasteiger partial charge on any atom is 0.124 e. The summed E-state index contributed by atoms with van der Waals surface area (Å²) in [6.45, 7) is 0.721. The molecule has 0 unspecified atom stereocenters. The molecule has 0 aliphatic carbocycles. The SMILES string of the molecule is COc1ccc2ccccc2c1CNn1cccc1. The van der Waals surface area contributed by atoms with E-state index in [1.165, 1.54) is 16.3 Å². The minimum atomic E-state index is 0.721. The van der Waals surface area contributed by atoms with Gasteiger partial charge in [-0.1, -0.05) is 30.3 Å². The van der Waals surface area contributed by atoms with Crippen molar-refractivity contribution in [1.82, 2.24) is 4.68 Å². The Morgan fingerprint density at radius 2 is 1.79 bits per heavy atom. The average Bonchev–Trinajstić information content (AvgIpc) is 2.97. The van der Waals surface area contributed by atoms with E-state index in [1.54, 1.807) is 7.11 Å². The molecule has 0 aliphatic heterocycles. The summed E-state index contributed by atoms with van der Waals surface area (Å²) in [6, 6.07) is 16.5. The van der Waals surface area contributed by atoms with Crippen LogP contribution in [0.2, 0.25) is 0 Å². The zero-order chi connectivity index (χ0) is 13.1. The fourth-order valence-electron chi connectivity index (χ4n) is 2.30. The van der Waals surface area contributed by atoms with Gasteiger partial charge in [-0.05, 0) is 29.0 Å². The molecule has 0 saturated carbocycles. The van der Waals surface area contributed by atoms with Gasteiger partial charge >= 0.3 is 0 Å². The summed E-state index contributed by atoms with van der Waals surface area (Å²) in [5.41, 5.74) is 4.52. The first-order chi connectivity index (χ1) is 9.38. The van der Waals surface area contributed by atoms with Crippen LogP contribution >= 0.6 is 0 Å². The van der Waals surface area contributed by atoms with E-state index in [-0.39, 0.29) is 0 Å². The normalized spacial score (nSPS) is 10.6. The maximum atomic E-state index is 5.47. The summed E-state index contributed by atoms with van der Waals surface area (Å²) >= 11 is 0. The van der Waals surface area contributed by atoms with Gasteiger partial charge in [-0.15, -0.1) is 0 Å². The van der Waals surface area contributed by atoms with Crippen LogP contribution < -0.4 is 10.2 Å². The largest absolute Gasteiger partial charge is 0.496 e. The summed E-state index contributed by atoms with van der Waals surface area (Å²) < 4.78 is 7.42. The van der Waals surface area contributed by atoms with Gasteiger partial charge in [0.25, 0.3) is 0 Å². The van der Waals surface area contributed by atoms with Crippen LogP contribution in [0, 0.1) is 0 Å². The Morgan fingerprint density at radius 3 is 2.58 bits per heavy atom. The number of methoxy groups -OCH3 is 1. The lowest BCUT2D eigenvalue weighted by Gasteiger charge is -2.14. The second-order valence-electron chi connectivity index (χ2n) is 4.39. The molecule has 0 bridgehead atoms. The van der Waals surface area contributed by atoms with Crippen molar-refractivity contribution in [3.8, 4) is 5.75 Å². The van der Waals surface area contributed by atoms with Crippen LogP contribution in [0.15, 0.2) is 60.9 Å². The Balaban J connectivity index is 1.99. The molecule has 0 aliphatic rings. The molecule has 1 aromatic heterocycles. The van der Waals surface area contributed by atoms with Gasteiger partial charge in [-0.3, -0.25) is 4.68 Å². The molecule has 1 heterocycles. The summed E-state index contributed by atoms with van der Waals surface area (Å²) in [5.74, 6) is 0.915. The van der Waals surface area contributed by atoms with Crippen molar-refractivity contribution in [2.24, 2.45) is 0 Å². The summed E-state index contributed by atoms with van der Waals surface area (Å²) in [4.78, 5) is 0. The van der Waals surface area contributed by atoms with Crippen LogP contribution in [0.25, 0.3) is 10.8 Å². The zero-order valence-corrected chi connectivity index (χ0v) is 10.8. The van der Waals surface area contributed by atoms with Crippen molar-refractivity contribution in [3.05, 3.63) is 66.5 Å². The van der Waals surface area contributed by atoms with Gasteiger partial charge in [0.1, 0.15) is 5.75 Å². The van der Waals surface area contributed by atoms with Crippen molar-refractivity contribution < 1.29 is 4.74 Å². The first kappa shape index (κ1) is 11.7. The van der Waals surface area contributed by atoms with Crippen LogP contribution in [0.3, 0.4) is 0 Å². The van der Waals surface area contributed by atoms with E-state index in [1.807, 2.05) is 35.3 Å². The molecule has 0 fully saturated rings. The third-order valence-corrected chi connectivity index (χ3v) is 3.26. The Morgan fingerprint density at radius 1 is 1.00 bits per heavy atom. The third-order valence-electron chi connectivity index (χ3n) is 3.26. The number of nitrogens with zero attached hydrogens (tertiary/aromatic N) is 1. The first-order valence-electron chi connectivity index (χ1n) is 6.30. The Bertz CT molecular complexity index is 674. The molecular weight excluding hydrogens is 236 g/mol. The number of rotatable bonds is 4. The molecule has 0 spiro atoms. The average molecular weight is 252 g/mol. The van der Waals surface area contributed by atoms with E-state index in [4.69, 9.17) is 4.74 Å². The van der Waals surface area contributed by atoms with Crippen LogP contribution in [0.5, 0.6) is 5.75 Å². The lowest BCUT2D eigenvalue weighted by atomic mass is 10.0. The molecule has 0 atom stereocenters. The highest BCUT2D eigenvalue weighted by molar-refractivity contribution is 5.87. The maximum absolute atomic E-state index is 5.47. The first-order valence-corrected chi connectivity index (χ1v) is 6.30. The number of hydrogen-bond acceptors (Lipinski definition) is 2. The van der Waals surface area contributed by atoms with Crippen LogP contribution in [-0.2, 0) is 6.54 Å². The van der Waals surface area contributed by atoms with E-state index < -0.39 is 0 Å². The van der Waals surface area contributed by atoms with Crippen molar-refractivity contribution in [3.63, 3.8) is 0 Å². The molecule has 0 saturated heterocycles. The lowest BCUT2D eigenvalue weighted by Crippen LogP contribution is -2.12. The zero-order valence-electron chi connectivity index (χ0n) is 10.8. The number of ether oxygens (including phenoxy) is 1. The topological polar surface area (TPSA) is 26.2 Å².